The van der Waals surface area contributed by atoms with E-state index >= 15 is 0 Å². The zero-order valence-electron chi connectivity index (χ0n) is 15.5. The second-order valence-corrected chi connectivity index (χ2v) is 6.83. The molecule has 3 amide bonds. The number of nitrogens with zero attached hydrogens (tertiary/aromatic N) is 1. The number of anilines is 1. The van der Waals surface area contributed by atoms with Crippen LogP contribution in [0.3, 0.4) is 0 Å². The number of aryl methyl sites for hydroxylation is 1. The van der Waals surface area contributed by atoms with E-state index in [9.17, 15) is 14.4 Å². The minimum atomic E-state index is -0.201. The molecule has 0 radical (unpaired) electrons. The molecule has 1 aliphatic heterocycles. The molecule has 0 saturated carbocycles. The molecule has 27 heavy (non-hydrogen) atoms. The van der Waals surface area contributed by atoms with Gasteiger partial charge in [-0.2, -0.15) is 0 Å². The number of carbonyl (C=O) groups is 3. The van der Waals surface area contributed by atoms with E-state index in [1.807, 2.05) is 31.2 Å². The summed E-state index contributed by atoms with van der Waals surface area (Å²) in [6.07, 6.45) is 3.79. The van der Waals surface area contributed by atoms with Gasteiger partial charge in [0, 0.05) is 18.7 Å². The number of para-hydroxylation sites is 1. The smallest absolute Gasteiger partial charge is 0.261 e. The maximum absolute atomic E-state index is 12.3. The van der Waals surface area contributed by atoms with E-state index in [-0.39, 0.29) is 17.7 Å². The van der Waals surface area contributed by atoms with Crippen molar-refractivity contribution in [2.75, 3.05) is 11.9 Å². The Morgan fingerprint density at radius 2 is 1.44 bits per heavy atom. The van der Waals surface area contributed by atoms with Crippen molar-refractivity contribution < 1.29 is 14.4 Å². The molecule has 1 N–H and O–H groups in total. The fraction of sp³-hybridized carbons (Fsp3) is 0.318. The lowest BCUT2D eigenvalue weighted by Gasteiger charge is -2.13. The van der Waals surface area contributed by atoms with Gasteiger partial charge in [0.25, 0.3) is 11.8 Å². The number of amides is 3. The summed E-state index contributed by atoms with van der Waals surface area (Å²) in [6, 6.07) is 14.7. The number of hydrogen-bond acceptors (Lipinski definition) is 3. The Balaban J connectivity index is 1.35. The highest BCUT2D eigenvalue weighted by Crippen LogP contribution is 2.23. The van der Waals surface area contributed by atoms with E-state index in [1.165, 1.54) is 4.90 Å². The van der Waals surface area contributed by atoms with Gasteiger partial charge in [-0.25, -0.2) is 0 Å². The van der Waals surface area contributed by atoms with Gasteiger partial charge in [0.05, 0.1) is 11.1 Å². The second-order valence-electron chi connectivity index (χ2n) is 6.83. The highest BCUT2D eigenvalue weighted by molar-refractivity contribution is 6.21. The van der Waals surface area contributed by atoms with Crippen LogP contribution in [-0.2, 0) is 4.79 Å². The summed E-state index contributed by atoms with van der Waals surface area (Å²) in [5.41, 5.74) is 2.89. The number of imide groups is 1. The van der Waals surface area contributed by atoms with Crippen molar-refractivity contribution in [2.45, 2.75) is 39.0 Å². The average Bonchev–Trinajstić information content (AvgIpc) is 2.91. The monoisotopic (exact) mass is 364 g/mol. The number of nitrogens with one attached hydrogen (secondary N) is 1. The Hall–Kier alpha value is -2.95. The molecule has 0 bridgehead atoms. The van der Waals surface area contributed by atoms with Crippen LogP contribution in [0, 0.1) is 6.92 Å². The fourth-order valence-corrected chi connectivity index (χ4v) is 3.28. The first-order chi connectivity index (χ1) is 13.1. The van der Waals surface area contributed by atoms with Gasteiger partial charge in [-0.3, -0.25) is 19.3 Å². The zero-order valence-corrected chi connectivity index (χ0v) is 15.5. The quantitative estimate of drug-likeness (QED) is 0.564. The van der Waals surface area contributed by atoms with Gasteiger partial charge in [-0.05, 0) is 43.5 Å². The minimum Gasteiger partial charge on any atom is -0.326 e. The van der Waals surface area contributed by atoms with Gasteiger partial charge >= 0.3 is 0 Å². The third kappa shape index (κ3) is 4.42. The average molecular weight is 364 g/mol. The Bertz CT molecular complexity index is 825. The Morgan fingerprint density at radius 3 is 2.11 bits per heavy atom. The van der Waals surface area contributed by atoms with Crippen LogP contribution in [0.5, 0.6) is 0 Å². The SMILES string of the molecule is Cc1ccccc1NC(=O)CCCCCCN1C(=O)c2ccccc2C1=O. The van der Waals surface area contributed by atoms with Crippen LogP contribution >= 0.6 is 0 Å². The fourth-order valence-electron chi connectivity index (χ4n) is 3.28. The van der Waals surface area contributed by atoms with E-state index in [0.29, 0.717) is 24.1 Å². The molecule has 0 atom stereocenters. The third-order valence-electron chi connectivity index (χ3n) is 4.83. The van der Waals surface area contributed by atoms with Crippen LogP contribution in [0.1, 0.15) is 58.4 Å². The normalized spacial score (nSPS) is 13.0. The molecular weight excluding hydrogens is 340 g/mol. The van der Waals surface area contributed by atoms with Crippen molar-refractivity contribution in [3.8, 4) is 0 Å². The first-order valence-electron chi connectivity index (χ1n) is 9.38. The number of carbonyl (C=O) groups excluding carboxylic acids is 3. The predicted octanol–water partition coefficient (Wildman–Crippen LogP) is 4.18. The maximum Gasteiger partial charge on any atom is 0.261 e. The van der Waals surface area contributed by atoms with Crippen molar-refractivity contribution in [3.63, 3.8) is 0 Å². The molecule has 0 unspecified atom stereocenters. The van der Waals surface area contributed by atoms with Gasteiger partial charge in [0.1, 0.15) is 0 Å². The largest absolute Gasteiger partial charge is 0.326 e. The van der Waals surface area contributed by atoms with E-state index < -0.39 is 0 Å². The van der Waals surface area contributed by atoms with Gasteiger partial charge in [-0.1, -0.05) is 43.2 Å². The topological polar surface area (TPSA) is 66.5 Å². The molecule has 5 nitrogen and oxygen atoms in total. The Kier molecular flexibility index (Phi) is 6.01. The van der Waals surface area contributed by atoms with Crippen LogP contribution < -0.4 is 5.32 Å². The number of benzene rings is 2. The molecule has 0 aromatic heterocycles. The van der Waals surface area contributed by atoms with E-state index in [2.05, 4.69) is 5.32 Å². The van der Waals surface area contributed by atoms with Crippen molar-refractivity contribution in [1.82, 2.24) is 4.90 Å². The van der Waals surface area contributed by atoms with Gasteiger partial charge < -0.3 is 5.32 Å². The molecule has 1 heterocycles. The van der Waals surface area contributed by atoms with Crippen LogP contribution in [-0.4, -0.2) is 29.2 Å². The molecule has 0 saturated heterocycles. The van der Waals surface area contributed by atoms with Crippen LogP contribution in [0.4, 0.5) is 5.69 Å². The summed E-state index contributed by atoms with van der Waals surface area (Å²) in [6.45, 7) is 2.40. The number of fused-ring (bicyclic) bond motifs is 1. The lowest BCUT2D eigenvalue weighted by Crippen LogP contribution is -2.30. The van der Waals surface area contributed by atoms with E-state index in [0.717, 1.165) is 36.9 Å². The minimum absolute atomic E-state index is 0.0182. The third-order valence-corrected chi connectivity index (χ3v) is 4.83. The lowest BCUT2D eigenvalue weighted by atomic mass is 10.1. The summed E-state index contributed by atoms with van der Waals surface area (Å²) in [5.74, 6) is -0.383. The van der Waals surface area contributed by atoms with Gasteiger partial charge in [0.2, 0.25) is 5.91 Å². The molecule has 0 fully saturated rings. The standard InChI is InChI=1S/C22H24N2O3/c1-16-10-5-8-13-19(16)23-20(25)14-4-2-3-9-15-24-21(26)17-11-6-7-12-18(17)22(24)27/h5-8,10-13H,2-4,9,14-15H2,1H3,(H,23,25). The summed E-state index contributed by atoms with van der Waals surface area (Å²) < 4.78 is 0. The van der Waals surface area contributed by atoms with Crippen molar-refractivity contribution in [1.29, 1.82) is 0 Å². The molecule has 5 heteroatoms. The van der Waals surface area contributed by atoms with Crippen molar-refractivity contribution in [3.05, 3.63) is 65.2 Å². The molecule has 2 aromatic rings. The molecule has 140 valence electrons. The first kappa shape index (κ1) is 18.8. The summed E-state index contributed by atoms with van der Waals surface area (Å²) in [4.78, 5) is 37.9. The van der Waals surface area contributed by atoms with E-state index in [4.69, 9.17) is 0 Å². The van der Waals surface area contributed by atoms with E-state index in [1.54, 1.807) is 24.3 Å². The Morgan fingerprint density at radius 1 is 0.852 bits per heavy atom. The van der Waals surface area contributed by atoms with Crippen molar-refractivity contribution in [2.24, 2.45) is 0 Å². The summed E-state index contributed by atoms with van der Waals surface area (Å²) in [7, 11) is 0. The number of unbranched alkanes of at least 4 members (excludes halogenated alkanes) is 3. The van der Waals surface area contributed by atoms with Crippen LogP contribution in [0.2, 0.25) is 0 Å². The summed E-state index contributed by atoms with van der Waals surface area (Å²) >= 11 is 0. The molecular formula is C22H24N2O3. The highest BCUT2D eigenvalue weighted by atomic mass is 16.2. The predicted molar refractivity (Wildman–Crippen MR) is 105 cm³/mol. The van der Waals surface area contributed by atoms with Crippen LogP contribution in [0.15, 0.2) is 48.5 Å². The molecule has 0 aliphatic carbocycles. The molecule has 3 rings (SSSR count). The zero-order chi connectivity index (χ0) is 19.2. The van der Waals surface area contributed by atoms with Crippen LogP contribution in [0.25, 0.3) is 0 Å². The lowest BCUT2D eigenvalue weighted by molar-refractivity contribution is -0.116. The maximum atomic E-state index is 12.3. The summed E-state index contributed by atoms with van der Waals surface area (Å²) in [5, 5.41) is 2.93. The van der Waals surface area contributed by atoms with Crippen molar-refractivity contribution >= 4 is 23.4 Å². The Labute approximate surface area is 159 Å². The first-order valence-corrected chi connectivity index (χ1v) is 9.38. The second kappa shape index (κ2) is 8.62. The van der Waals surface area contributed by atoms with Gasteiger partial charge in [-0.15, -0.1) is 0 Å². The molecule has 2 aromatic carbocycles. The molecule has 0 spiro atoms. The molecule has 1 aliphatic rings. The number of hydrogen-bond donors (Lipinski definition) is 1. The highest BCUT2D eigenvalue weighted by Gasteiger charge is 2.34. The van der Waals surface area contributed by atoms with Gasteiger partial charge in [0.15, 0.2) is 0 Å². The number of rotatable bonds is 8.